The molecule has 0 atom stereocenters. The maximum atomic E-state index is 12.8. The van der Waals surface area contributed by atoms with Crippen molar-refractivity contribution in [2.75, 3.05) is 0 Å². The second kappa shape index (κ2) is 3.21. The number of aromatic nitrogens is 2. The van der Waals surface area contributed by atoms with Crippen LogP contribution < -0.4 is 0 Å². The molecule has 0 aliphatic carbocycles. The lowest BCUT2D eigenvalue weighted by atomic mass is 10.1. The molecule has 0 aliphatic heterocycles. The van der Waals surface area contributed by atoms with E-state index in [-0.39, 0.29) is 0 Å². The van der Waals surface area contributed by atoms with E-state index in [2.05, 4.69) is 17.1 Å². The fraction of sp³-hybridized carbons (Fsp3) is 0. The molecule has 71 valence electrons. The van der Waals surface area contributed by atoms with E-state index in [4.69, 9.17) is 0 Å². The number of hydrogen-bond acceptors (Lipinski definition) is 1. The first-order valence-electron chi connectivity index (χ1n) is 3.99. The van der Waals surface area contributed by atoms with E-state index >= 15 is 0 Å². The Morgan fingerprint density at radius 2 is 1.93 bits per heavy atom. The molecule has 1 aromatic carbocycles. The van der Waals surface area contributed by atoms with Gasteiger partial charge >= 0.3 is 0 Å². The Bertz CT molecular complexity index is 463. The number of halogens is 2. The van der Waals surface area contributed by atoms with Crippen LogP contribution in [0.15, 0.2) is 24.3 Å². The van der Waals surface area contributed by atoms with Gasteiger partial charge in [-0.05, 0) is 31.2 Å². The molecule has 0 fully saturated rings. The third-order valence-corrected chi connectivity index (χ3v) is 1.86. The molecule has 0 aliphatic rings. The van der Waals surface area contributed by atoms with Gasteiger partial charge in [0.25, 0.3) is 0 Å². The third-order valence-electron chi connectivity index (χ3n) is 1.86. The minimum Gasteiger partial charge on any atom is -0.278 e. The highest BCUT2D eigenvalue weighted by atomic mass is 19.2. The zero-order valence-corrected chi connectivity index (χ0v) is 7.22. The highest BCUT2D eigenvalue weighted by Gasteiger charge is 2.05. The predicted molar refractivity (Wildman–Crippen MR) is 48.4 cm³/mol. The molecule has 14 heavy (non-hydrogen) atoms. The van der Waals surface area contributed by atoms with Gasteiger partial charge < -0.3 is 0 Å². The number of benzene rings is 1. The van der Waals surface area contributed by atoms with E-state index in [9.17, 15) is 8.78 Å². The summed E-state index contributed by atoms with van der Waals surface area (Å²) in [4.78, 5) is 0. The first kappa shape index (κ1) is 8.87. The van der Waals surface area contributed by atoms with Crippen molar-refractivity contribution in [2.24, 2.45) is 0 Å². The Balaban J connectivity index is 2.47. The van der Waals surface area contributed by atoms with Crippen LogP contribution in [-0.2, 0) is 0 Å². The van der Waals surface area contributed by atoms with Crippen LogP contribution >= 0.6 is 0 Å². The van der Waals surface area contributed by atoms with Crippen LogP contribution in [-0.4, -0.2) is 10.2 Å². The van der Waals surface area contributed by atoms with E-state index in [1.54, 1.807) is 6.07 Å². The van der Waals surface area contributed by atoms with Gasteiger partial charge in [-0.1, -0.05) is 0 Å². The molecule has 1 heterocycles. The Kier molecular flexibility index (Phi) is 2.04. The van der Waals surface area contributed by atoms with E-state index in [0.29, 0.717) is 17.0 Å². The van der Waals surface area contributed by atoms with Crippen molar-refractivity contribution in [1.82, 2.24) is 10.2 Å². The topological polar surface area (TPSA) is 28.7 Å². The normalized spacial score (nSPS) is 10.5. The summed E-state index contributed by atoms with van der Waals surface area (Å²) >= 11 is 0. The van der Waals surface area contributed by atoms with Gasteiger partial charge in [-0.15, -0.1) is 0 Å². The van der Waals surface area contributed by atoms with Crippen LogP contribution in [0, 0.1) is 18.6 Å². The van der Waals surface area contributed by atoms with E-state index in [1.807, 2.05) is 0 Å². The number of nitrogens with zero attached hydrogens (tertiary/aromatic N) is 1. The summed E-state index contributed by atoms with van der Waals surface area (Å²) in [5, 5.41) is 6.46. The monoisotopic (exact) mass is 193 g/mol. The molecule has 0 unspecified atom stereocenters. The van der Waals surface area contributed by atoms with Gasteiger partial charge in [-0.2, -0.15) is 5.10 Å². The zero-order chi connectivity index (χ0) is 10.1. The maximum Gasteiger partial charge on any atom is 0.159 e. The van der Waals surface area contributed by atoms with Crippen LogP contribution in [0.3, 0.4) is 0 Å². The highest BCUT2D eigenvalue weighted by Crippen LogP contribution is 2.19. The number of aromatic amines is 1. The third kappa shape index (κ3) is 1.51. The largest absolute Gasteiger partial charge is 0.278 e. The zero-order valence-electron chi connectivity index (χ0n) is 7.22. The number of H-pyrrole nitrogens is 1. The van der Waals surface area contributed by atoms with Crippen LogP contribution in [0.5, 0.6) is 0 Å². The minimum absolute atomic E-state index is 0.548. The summed E-state index contributed by atoms with van der Waals surface area (Å²) in [5.41, 5.74) is 1.73. The van der Waals surface area contributed by atoms with E-state index < -0.39 is 11.6 Å². The van der Waals surface area contributed by atoms with Crippen molar-refractivity contribution in [2.45, 2.75) is 0 Å². The molecule has 1 radical (unpaired) electrons. The van der Waals surface area contributed by atoms with Gasteiger partial charge in [0.2, 0.25) is 0 Å². The van der Waals surface area contributed by atoms with Gasteiger partial charge in [-0.3, -0.25) is 5.10 Å². The number of hydrogen-bond donors (Lipinski definition) is 1. The van der Waals surface area contributed by atoms with Gasteiger partial charge in [-0.25, -0.2) is 8.78 Å². The SMILES string of the molecule is [CH2]c1cc(-c2ccc(F)c(F)c2)[nH]n1. The lowest BCUT2D eigenvalue weighted by molar-refractivity contribution is 0.509. The van der Waals surface area contributed by atoms with E-state index in [0.717, 1.165) is 12.1 Å². The molecule has 1 N–H and O–H groups in total. The van der Waals surface area contributed by atoms with Gasteiger partial charge in [0.1, 0.15) is 0 Å². The smallest absolute Gasteiger partial charge is 0.159 e. The highest BCUT2D eigenvalue weighted by molar-refractivity contribution is 5.59. The maximum absolute atomic E-state index is 12.8. The van der Waals surface area contributed by atoms with Crippen molar-refractivity contribution in [3.05, 3.63) is 48.5 Å². The second-order valence-electron chi connectivity index (χ2n) is 2.90. The molecule has 0 bridgehead atoms. The fourth-order valence-electron chi connectivity index (χ4n) is 1.17. The number of rotatable bonds is 1. The summed E-state index contributed by atoms with van der Waals surface area (Å²) in [7, 11) is 0. The summed E-state index contributed by atoms with van der Waals surface area (Å²) in [6.45, 7) is 3.60. The summed E-state index contributed by atoms with van der Waals surface area (Å²) in [6, 6.07) is 5.33. The molecule has 2 aromatic rings. The molecule has 0 spiro atoms. The van der Waals surface area contributed by atoms with Crippen LogP contribution in [0.1, 0.15) is 5.69 Å². The van der Waals surface area contributed by atoms with Crippen LogP contribution in [0.2, 0.25) is 0 Å². The van der Waals surface area contributed by atoms with Gasteiger partial charge in [0.05, 0.1) is 11.4 Å². The Labute approximate surface area is 79.6 Å². The average molecular weight is 193 g/mol. The molecular weight excluding hydrogens is 186 g/mol. The standard InChI is InChI=1S/C10H7F2N2/c1-6-4-10(14-13-6)7-2-3-8(11)9(12)5-7/h2-5H,1H2,(H,13,14). The van der Waals surface area contributed by atoms with Crippen molar-refractivity contribution in [3.8, 4) is 11.3 Å². The molecule has 2 rings (SSSR count). The lowest BCUT2D eigenvalue weighted by Gasteiger charge is -1.97. The lowest BCUT2D eigenvalue weighted by Crippen LogP contribution is -1.85. The first-order valence-corrected chi connectivity index (χ1v) is 3.99. The summed E-state index contributed by atoms with van der Waals surface area (Å²) < 4.78 is 25.5. The molecule has 0 amide bonds. The predicted octanol–water partition coefficient (Wildman–Crippen LogP) is 2.54. The molecule has 2 nitrogen and oxygen atoms in total. The van der Waals surface area contributed by atoms with Gasteiger partial charge in [0.15, 0.2) is 11.6 Å². The van der Waals surface area contributed by atoms with Crippen LogP contribution in [0.25, 0.3) is 11.3 Å². The summed E-state index contributed by atoms with van der Waals surface area (Å²) in [5.74, 6) is -1.73. The molecule has 0 saturated heterocycles. The Morgan fingerprint density at radius 3 is 2.50 bits per heavy atom. The van der Waals surface area contributed by atoms with Crippen molar-refractivity contribution in [1.29, 1.82) is 0 Å². The van der Waals surface area contributed by atoms with Crippen LogP contribution in [0.4, 0.5) is 8.78 Å². The minimum atomic E-state index is -0.872. The van der Waals surface area contributed by atoms with Crippen molar-refractivity contribution >= 4 is 0 Å². The van der Waals surface area contributed by atoms with E-state index in [1.165, 1.54) is 6.07 Å². The van der Waals surface area contributed by atoms with Crippen molar-refractivity contribution in [3.63, 3.8) is 0 Å². The summed E-state index contributed by atoms with van der Waals surface area (Å²) in [6.07, 6.45) is 0. The Morgan fingerprint density at radius 1 is 1.14 bits per heavy atom. The fourth-order valence-corrected chi connectivity index (χ4v) is 1.17. The molecule has 0 saturated carbocycles. The van der Waals surface area contributed by atoms with Crippen molar-refractivity contribution < 1.29 is 8.78 Å². The average Bonchev–Trinajstić information content (AvgIpc) is 2.57. The quantitative estimate of drug-likeness (QED) is 0.740. The first-order chi connectivity index (χ1) is 6.66. The Hall–Kier alpha value is -1.71. The second-order valence-corrected chi connectivity index (χ2v) is 2.90. The van der Waals surface area contributed by atoms with Gasteiger partial charge in [0, 0.05) is 5.56 Å². The number of nitrogens with one attached hydrogen (secondary N) is 1. The molecule has 1 aromatic heterocycles. The molecule has 4 heteroatoms. The molecular formula is C10H7F2N2.